The van der Waals surface area contributed by atoms with Crippen LogP contribution in [0.4, 0.5) is 11.4 Å². The Balaban J connectivity index is 1.45. The van der Waals surface area contributed by atoms with E-state index in [1.807, 2.05) is 35.2 Å². The van der Waals surface area contributed by atoms with Gasteiger partial charge in [0.2, 0.25) is 0 Å². The zero-order valence-corrected chi connectivity index (χ0v) is 27.4. The number of carbonyl (C=O) groups excluding carboxylic acids is 2. The Bertz CT molecular complexity index is 1500. The van der Waals surface area contributed by atoms with Crippen LogP contribution in [0.1, 0.15) is 66.0 Å². The number of benzene rings is 2. The van der Waals surface area contributed by atoms with Gasteiger partial charge in [0, 0.05) is 79.4 Å². The summed E-state index contributed by atoms with van der Waals surface area (Å²) in [7, 11) is 0. The molecule has 0 radical (unpaired) electrons. The van der Waals surface area contributed by atoms with E-state index >= 15 is 0 Å². The molecule has 1 heterocycles. The normalized spacial score (nSPS) is 14.5. The molecule has 0 fully saturated rings. The van der Waals surface area contributed by atoms with Gasteiger partial charge in [-0.3, -0.25) is 15.4 Å². The summed E-state index contributed by atoms with van der Waals surface area (Å²) in [5.41, 5.74) is 7.51. The fraction of sp³-hybridized carbons (Fsp3) is 0.457. The molecule has 0 saturated heterocycles. The summed E-state index contributed by atoms with van der Waals surface area (Å²) in [5, 5.41) is 33.1. The molecule has 2 aromatic carbocycles. The number of hydrazine groups is 1. The molecular formula is C35H50N7O4+. The first kappa shape index (κ1) is 35.1. The summed E-state index contributed by atoms with van der Waals surface area (Å²) in [6.45, 7) is 11.4. The summed E-state index contributed by atoms with van der Waals surface area (Å²) in [6.07, 6.45) is 2.96. The highest BCUT2D eigenvalue weighted by atomic mass is 16.3. The summed E-state index contributed by atoms with van der Waals surface area (Å²) in [4.78, 5) is 27.5. The first-order chi connectivity index (χ1) is 21.8. The number of aliphatic hydroxyl groups is 2. The molecule has 1 aromatic heterocycles. The zero-order valence-electron chi connectivity index (χ0n) is 27.4. The number of nitrogens with zero attached hydrogens (tertiary/aromatic N) is 2. The average molecular weight is 633 g/mol. The van der Waals surface area contributed by atoms with E-state index in [9.17, 15) is 19.8 Å². The molecule has 3 aromatic rings. The number of fused-ring (bicyclic) bond motifs is 2. The van der Waals surface area contributed by atoms with Crippen LogP contribution >= 0.6 is 0 Å². The number of pyridine rings is 1. The molecule has 0 amide bonds. The second-order valence-electron chi connectivity index (χ2n) is 13.2. The Hall–Kier alpha value is -3.71. The van der Waals surface area contributed by atoms with Gasteiger partial charge in [-0.25, -0.2) is 9.58 Å². The maximum absolute atomic E-state index is 13.8. The van der Waals surface area contributed by atoms with Crippen LogP contribution in [-0.4, -0.2) is 83.8 Å². The monoisotopic (exact) mass is 632 g/mol. The molecule has 0 spiro atoms. The second kappa shape index (κ2) is 15.3. The summed E-state index contributed by atoms with van der Waals surface area (Å²) >= 11 is 0. The number of carbonyl (C=O) groups is 2. The van der Waals surface area contributed by atoms with Crippen molar-refractivity contribution in [2.24, 2.45) is 17.0 Å². The van der Waals surface area contributed by atoms with E-state index in [2.05, 4.69) is 43.6 Å². The molecule has 9 N–H and O–H groups in total. The summed E-state index contributed by atoms with van der Waals surface area (Å²) in [5.74, 6) is 5.75. The van der Waals surface area contributed by atoms with Crippen molar-refractivity contribution in [3.63, 3.8) is 0 Å². The Kier molecular flexibility index (Phi) is 11.7. The van der Waals surface area contributed by atoms with Gasteiger partial charge in [0.1, 0.15) is 6.10 Å². The van der Waals surface area contributed by atoms with Crippen molar-refractivity contribution in [2.45, 2.75) is 58.4 Å². The lowest BCUT2D eigenvalue weighted by atomic mass is 9.72. The first-order valence-corrected chi connectivity index (χ1v) is 15.9. The Morgan fingerprint density at radius 1 is 0.826 bits per heavy atom. The highest BCUT2D eigenvalue weighted by molar-refractivity contribution is 6.31. The number of aromatic nitrogens is 1. The number of anilines is 2. The predicted molar refractivity (Wildman–Crippen MR) is 181 cm³/mol. The van der Waals surface area contributed by atoms with Gasteiger partial charge in [-0.2, -0.15) is 0 Å². The van der Waals surface area contributed by atoms with Gasteiger partial charge in [0.15, 0.2) is 30.5 Å². The highest BCUT2D eigenvalue weighted by Gasteiger charge is 2.37. The van der Waals surface area contributed by atoms with Crippen LogP contribution in [0, 0.1) is 5.41 Å². The van der Waals surface area contributed by atoms with Gasteiger partial charge >= 0.3 is 0 Å². The number of hydrogen-bond acceptors (Lipinski definition) is 10. The maximum Gasteiger partial charge on any atom is 0.196 e. The van der Waals surface area contributed by atoms with Gasteiger partial charge in [0.05, 0.1) is 17.2 Å². The molecular weight excluding hydrogens is 582 g/mol. The van der Waals surface area contributed by atoms with Crippen LogP contribution in [0.3, 0.4) is 0 Å². The quantitative estimate of drug-likeness (QED) is 0.0519. The SMILES string of the molecule is CC(C)(CCN(N)CC(O)CNc1ccc(NCC(O)C[n+]2ccccc2)c2c1C(=O)c1ccccc1C2=O)C(C)(C)NCCN. The molecule has 46 heavy (non-hydrogen) atoms. The number of rotatable bonds is 17. The molecule has 1 aliphatic carbocycles. The number of nitrogens with two attached hydrogens (primary N) is 2. The van der Waals surface area contributed by atoms with Gasteiger partial charge in [-0.15, -0.1) is 0 Å². The summed E-state index contributed by atoms with van der Waals surface area (Å²) in [6, 6.07) is 15.9. The molecule has 0 aliphatic heterocycles. The van der Waals surface area contributed by atoms with Crippen molar-refractivity contribution in [3.05, 3.63) is 89.2 Å². The fourth-order valence-corrected chi connectivity index (χ4v) is 5.62. The van der Waals surface area contributed by atoms with Gasteiger partial charge in [-0.1, -0.05) is 44.2 Å². The largest absolute Gasteiger partial charge is 0.390 e. The Labute approximate surface area is 272 Å². The van der Waals surface area contributed by atoms with E-state index in [0.29, 0.717) is 42.1 Å². The second-order valence-corrected chi connectivity index (χ2v) is 13.2. The number of ketones is 2. The van der Waals surface area contributed by atoms with E-state index in [0.717, 1.165) is 13.0 Å². The third kappa shape index (κ3) is 8.35. The van der Waals surface area contributed by atoms with Crippen molar-refractivity contribution in [1.29, 1.82) is 0 Å². The van der Waals surface area contributed by atoms with E-state index in [1.165, 1.54) is 0 Å². The lowest BCUT2D eigenvalue weighted by molar-refractivity contribution is -0.703. The highest BCUT2D eigenvalue weighted by Crippen LogP contribution is 2.37. The van der Waals surface area contributed by atoms with Gasteiger partial charge in [-0.05, 0) is 37.8 Å². The van der Waals surface area contributed by atoms with Crippen LogP contribution in [0.2, 0.25) is 0 Å². The Morgan fingerprint density at radius 3 is 1.91 bits per heavy atom. The van der Waals surface area contributed by atoms with E-state index in [-0.39, 0.29) is 53.3 Å². The first-order valence-electron chi connectivity index (χ1n) is 15.9. The predicted octanol–water partition coefficient (Wildman–Crippen LogP) is 1.91. The third-order valence-corrected chi connectivity index (χ3v) is 9.20. The molecule has 11 heteroatoms. The standard InChI is InChI=1S/C35H49N7O4/c1-34(2,35(3,4)40-16-15-36)14-19-42(37)23-25(44)21-39-29-13-12-28(38-20-24(43)22-41-17-8-5-9-18-41)30-31(29)33(46)27-11-7-6-10-26(27)32(30)45/h5-13,17-18,24-25,40,43-44H,14-16,19-23,36-37H2,1-4H3,(H-,38,39,45,46)/p+1. The molecule has 1 aliphatic rings. The smallest absolute Gasteiger partial charge is 0.196 e. The molecule has 11 nitrogen and oxygen atoms in total. The lowest BCUT2D eigenvalue weighted by Gasteiger charge is -2.43. The van der Waals surface area contributed by atoms with Gasteiger partial charge < -0.3 is 31.9 Å². The minimum atomic E-state index is -0.836. The van der Waals surface area contributed by atoms with Crippen LogP contribution < -0.4 is 32.1 Å². The number of aliphatic hydroxyl groups excluding tert-OH is 2. The van der Waals surface area contributed by atoms with Crippen LogP contribution in [0.15, 0.2) is 67.0 Å². The molecule has 2 unspecified atom stereocenters. The minimum Gasteiger partial charge on any atom is -0.390 e. The van der Waals surface area contributed by atoms with Crippen molar-refractivity contribution in [2.75, 3.05) is 49.9 Å². The van der Waals surface area contributed by atoms with Crippen molar-refractivity contribution in [3.8, 4) is 0 Å². The molecule has 4 rings (SSSR count). The third-order valence-electron chi connectivity index (χ3n) is 9.20. The minimum absolute atomic E-state index is 0.0859. The number of nitrogens with one attached hydrogen (secondary N) is 3. The molecule has 0 saturated carbocycles. The maximum atomic E-state index is 13.8. The molecule has 2 atom stereocenters. The van der Waals surface area contributed by atoms with Crippen molar-refractivity contribution in [1.82, 2.24) is 10.3 Å². The van der Waals surface area contributed by atoms with E-state index < -0.39 is 12.2 Å². The topological polar surface area (TPSA) is 170 Å². The molecule has 248 valence electrons. The lowest BCUT2D eigenvalue weighted by Crippen LogP contribution is -2.54. The zero-order chi connectivity index (χ0) is 33.5. The van der Waals surface area contributed by atoms with Crippen LogP contribution in [-0.2, 0) is 6.54 Å². The van der Waals surface area contributed by atoms with Crippen molar-refractivity contribution >= 4 is 22.9 Å². The fourth-order valence-electron chi connectivity index (χ4n) is 5.62. The van der Waals surface area contributed by atoms with E-state index in [1.54, 1.807) is 41.4 Å². The Morgan fingerprint density at radius 2 is 1.37 bits per heavy atom. The average Bonchev–Trinajstić information content (AvgIpc) is 3.03. The van der Waals surface area contributed by atoms with Gasteiger partial charge in [0.25, 0.3) is 0 Å². The van der Waals surface area contributed by atoms with Crippen molar-refractivity contribution < 1.29 is 24.4 Å². The number of hydrogen-bond donors (Lipinski definition) is 7. The van der Waals surface area contributed by atoms with Crippen LogP contribution in [0.25, 0.3) is 0 Å². The van der Waals surface area contributed by atoms with Crippen LogP contribution in [0.5, 0.6) is 0 Å². The molecule has 0 bridgehead atoms. The van der Waals surface area contributed by atoms with E-state index in [4.69, 9.17) is 11.6 Å². The summed E-state index contributed by atoms with van der Waals surface area (Å²) < 4.78 is 1.87.